The zero-order valence-electron chi connectivity index (χ0n) is 19.9. The molecule has 1 amide bonds. The van der Waals surface area contributed by atoms with Crippen LogP contribution in [0.2, 0.25) is 0 Å². The third-order valence-electron chi connectivity index (χ3n) is 5.66. The number of ether oxygens (including phenoxy) is 2. The summed E-state index contributed by atoms with van der Waals surface area (Å²) < 4.78 is 11.1. The van der Waals surface area contributed by atoms with Gasteiger partial charge in [0.1, 0.15) is 5.75 Å². The Kier molecular flexibility index (Phi) is 9.09. The SMILES string of the molecule is COc1cccc(COCC2=NOC(Cc3ccccc3)(C(=O)N[C@@H](CC(C)C)B(O)O)C2)c1. The van der Waals surface area contributed by atoms with Crippen LogP contribution in [0.1, 0.15) is 37.8 Å². The Morgan fingerprint density at radius 2 is 1.88 bits per heavy atom. The van der Waals surface area contributed by atoms with Gasteiger partial charge in [-0.25, -0.2) is 0 Å². The van der Waals surface area contributed by atoms with Crippen molar-refractivity contribution in [1.82, 2.24) is 5.32 Å². The van der Waals surface area contributed by atoms with Crippen molar-refractivity contribution in [2.75, 3.05) is 13.7 Å². The van der Waals surface area contributed by atoms with E-state index in [9.17, 15) is 14.8 Å². The third-order valence-corrected chi connectivity index (χ3v) is 5.66. The average Bonchev–Trinajstić information content (AvgIpc) is 3.23. The standard InChI is InChI=1S/C25H33BN2O6/c1-18(2)12-23(26(30)31)27-24(29)25(14-19-8-5-4-6-9-19)15-21(28-34-25)17-33-16-20-10-7-11-22(13-20)32-3/h4-11,13,18,23,30-31H,12,14-17H2,1-3H3,(H,27,29)/t23-,25?/m0/s1. The summed E-state index contributed by atoms with van der Waals surface area (Å²) in [5, 5.41) is 26.5. The minimum Gasteiger partial charge on any atom is -0.497 e. The summed E-state index contributed by atoms with van der Waals surface area (Å²) in [4.78, 5) is 19.1. The Bertz CT molecular complexity index is 969. The monoisotopic (exact) mass is 468 g/mol. The highest BCUT2D eigenvalue weighted by Gasteiger charge is 2.48. The number of nitrogens with one attached hydrogen (secondary N) is 1. The number of amides is 1. The fourth-order valence-corrected chi connectivity index (χ4v) is 3.96. The largest absolute Gasteiger partial charge is 0.497 e. The van der Waals surface area contributed by atoms with E-state index in [2.05, 4.69) is 10.5 Å². The summed E-state index contributed by atoms with van der Waals surface area (Å²) in [5.41, 5.74) is 1.19. The molecule has 9 heteroatoms. The van der Waals surface area contributed by atoms with E-state index >= 15 is 0 Å². The Morgan fingerprint density at radius 3 is 2.56 bits per heavy atom. The summed E-state index contributed by atoms with van der Waals surface area (Å²) in [6, 6.07) is 17.1. The molecule has 1 unspecified atom stereocenters. The summed E-state index contributed by atoms with van der Waals surface area (Å²) >= 11 is 0. The lowest BCUT2D eigenvalue weighted by Crippen LogP contribution is -2.56. The van der Waals surface area contributed by atoms with Crippen LogP contribution in [0.4, 0.5) is 0 Å². The Labute approximate surface area is 201 Å². The van der Waals surface area contributed by atoms with Crippen LogP contribution < -0.4 is 10.1 Å². The first-order valence-electron chi connectivity index (χ1n) is 11.5. The Morgan fingerprint density at radius 1 is 1.15 bits per heavy atom. The molecule has 0 saturated heterocycles. The maximum atomic E-state index is 13.4. The maximum absolute atomic E-state index is 13.4. The first kappa shape index (κ1) is 25.7. The maximum Gasteiger partial charge on any atom is 0.475 e. The number of rotatable bonds is 12. The van der Waals surface area contributed by atoms with E-state index in [1.807, 2.05) is 68.4 Å². The predicted molar refractivity (Wildman–Crippen MR) is 130 cm³/mol. The number of hydrogen-bond donors (Lipinski definition) is 3. The lowest BCUT2D eigenvalue weighted by molar-refractivity contribution is -0.144. The summed E-state index contributed by atoms with van der Waals surface area (Å²) in [5.74, 6) is -0.319. The molecule has 2 aromatic carbocycles. The Hall–Kier alpha value is -2.88. The van der Waals surface area contributed by atoms with Gasteiger partial charge in [-0.2, -0.15) is 0 Å². The number of oxime groups is 1. The normalized spacial score (nSPS) is 18.2. The van der Waals surface area contributed by atoms with Crippen LogP contribution in [0.25, 0.3) is 0 Å². The van der Waals surface area contributed by atoms with Gasteiger partial charge in [-0.1, -0.05) is 61.5 Å². The molecule has 3 N–H and O–H groups in total. The van der Waals surface area contributed by atoms with E-state index in [4.69, 9.17) is 14.3 Å². The van der Waals surface area contributed by atoms with Gasteiger partial charge in [0, 0.05) is 12.8 Å². The van der Waals surface area contributed by atoms with Gasteiger partial charge in [-0.05, 0) is 35.6 Å². The van der Waals surface area contributed by atoms with Crippen LogP contribution in [0, 0.1) is 5.92 Å². The minimum atomic E-state index is -1.67. The van der Waals surface area contributed by atoms with Gasteiger partial charge in [0.15, 0.2) is 0 Å². The van der Waals surface area contributed by atoms with Gasteiger partial charge in [0.25, 0.3) is 5.91 Å². The van der Waals surface area contributed by atoms with Crippen molar-refractivity contribution in [2.24, 2.45) is 11.1 Å². The van der Waals surface area contributed by atoms with Gasteiger partial charge < -0.3 is 29.7 Å². The topological polar surface area (TPSA) is 110 Å². The van der Waals surface area contributed by atoms with E-state index in [0.29, 0.717) is 25.2 Å². The van der Waals surface area contributed by atoms with Crippen molar-refractivity contribution >= 4 is 18.7 Å². The van der Waals surface area contributed by atoms with E-state index < -0.39 is 24.6 Å². The van der Waals surface area contributed by atoms with Crippen LogP contribution in [-0.2, 0) is 27.4 Å². The summed E-state index contributed by atoms with van der Waals surface area (Å²) in [6.45, 7) is 4.47. The number of carbonyl (C=O) groups is 1. The van der Waals surface area contributed by atoms with Crippen molar-refractivity contribution < 1.29 is 29.2 Å². The van der Waals surface area contributed by atoms with Crippen LogP contribution in [0.5, 0.6) is 5.75 Å². The van der Waals surface area contributed by atoms with Crippen LogP contribution in [-0.4, -0.2) is 54.0 Å². The zero-order valence-corrected chi connectivity index (χ0v) is 19.9. The molecule has 1 heterocycles. The van der Waals surface area contributed by atoms with Crippen molar-refractivity contribution in [3.8, 4) is 5.75 Å². The molecule has 0 aliphatic carbocycles. The number of benzene rings is 2. The molecule has 3 rings (SSSR count). The fraction of sp³-hybridized carbons (Fsp3) is 0.440. The van der Waals surface area contributed by atoms with E-state index in [-0.39, 0.29) is 18.9 Å². The molecule has 0 aromatic heterocycles. The van der Waals surface area contributed by atoms with Crippen LogP contribution in [0.15, 0.2) is 59.8 Å². The summed E-state index contributed by atoms with van der Waals surface area (Å²) in [7, 11) is -0.0585. The second-order valence-corrected chi connectivity index (χ2v) is 9.05. The Balaban J connectivity index is 1.68. The molecule has 0 spiro atoms. The summed E-state index contributed by atoms with van der Waals surface area (Å²) in [6.07, 6.45) is 0.947. The highest BCUT2D eigenvalue weighted by atomic mass is 16.7. The first-order valence-corrected chi connectivity index (χ1v) is 11.5. The lowest BCUT2D eigenvalue weighted by Gasteiger charge is -2.29. The molecule has 2 aromatic rings. The molecule has 0 radical (unpaired) electrons. The molecule has 1 aliphatic heterocycles. The highest BCUT2D eigenvalue weighted by molar-refractivity contribution is 6.43. The fourth-order valence-electron chi connectivity index (χ4n) is 3.96. The van der Waals surface area contributed by atoms with Crippen molar-refractivity contribution in [3.63, 3.8) is 0 Å². The molecular weight excluding hydrogens is 435 g/mol. The van der Waals surface area contributed by atoms with Gasteiger partial charge in [-0.15, -0.1) is 0 Å². The van der Waals surface area contributed by atoms with Gasteiger partial charge >= 0.3 is 7.12 Å². The lowest BCUT2D eigenvalue weighted by atomic mass is 9.74. The van der Waals surface area contributed by atoms with Crippen molar-refractivity contribution in [2.45, 2.75) is 51.3 Å². The molecule has 2 atom stereocenters. The zero-order chi connectivity index (χ0) is 24.6. The van der Waals surface area contributed by atoms with Gasteiger partial charge in [0.2, 0.25) is 5.60 Å². The first-order chi connectivity index (χ1) is 16.3. The van der Waals surface area contributed by atoms with Crippen LogP contribution >= 0.6 is 0 Å². The van der Waals surface area contributed by atoms with E-state index in [0.717, 1.165) is 16.9 Å². The van der Waals surface area contributed by atoms with Crippen molar-refractivity contribution in [3.05, 3.63) is 65.7 Å². The molecule has 8 nitrogen and oxygen atoms in total. The number of methoxy groups -OCH3 is 1. The predicted octanol–water partition coefficient (Wildman–Crippen LogP) is 2.51. The van der Waals surface area contributed by atoms with E-state index in [1.165, 1.54) is 0 Å². The number of carbonyl (C=O) groups excluding carboxylic acids is 1. The van der Waals surface area contributed by atoms with Crippen LogP contribution in [0.3, 0.4) is 0 Å². The average molecular weight is 468 g/mol. The molecule has 34 heavy (non-hydrogen) atoms. The smallest absolute Gasteiger partial charge is 0.475 e. The number of hydrogen-bond acceptors (Lipinski definition) is 7. The molecular formula is C25H33BN2O6. The highest BCUT2D eigenvalue weighted by Crippen LogP contribution is 2.30. The molecule has 182 valence electrons. The van der Waals surface area contributed by atoms with Gasteiger partial charge in [-0.3, -0.25) is 4.79 Å². The number of nitrogens with zero attached hydrogens (tertiary/aromatic N) is 1. The third kappa shape index (κ3) is 7.06. The van der Waals surface area contributed by atoms with Crippen molar-refractivity contribution in [1.29, 1.82) is 0 Å². The molecule has 1 aliphatic rings. The van der Waals surface area contributed by atoms with Gasteiger partial charge in [0.05, 0.1) is 32.0 Å². The molecule has 0 saturated carbocycles. The molecule has 0 bridgehead atoms. The second-order valence-electron chi connectivity index (χ2n) is 9.05. The second kappa shape index (κ2) is 12.0. The van der Waals surface area contributed by atoms with E-state index in [1.54, 1.807) is 7.11 Å². The minimum absolute atomic E-state index is 0.165. The quantitative estimate of drug-likeness (QED) is 0.413. The molecule has 0 fully saturated rings.